The van der Waals surface area contributed by atoms with Crippen molar-refractivity contribution in [3.8, 4) is 17.1 Å². The molecule has 2 aliphatic rings. The molecule has 2 aliphatic heterocycles. The van der Waals surface area contributed by atoms with Crippen LogP contribution in [0.5, 0.6) is 5.75 Å². The fourth-order valence-corrected chi connectivity index (χ4v) is 5.55. The van der Waals surface area contributed by atoms with Crippen LogP contribution in [0.4, 0.5) is 0 Å². The summed E-state index contributed by atoms with van der Waals surface area (Å²) in [7, 11) is 4.04. The molecule has 8 nitrogen and oxygen atoms in total. The van der Waals surface area contributed by atoms with E-state index in [2.05, 4.69) is 11.0 Å². The lowest BCUT2D eigenvalue weighted by Gasteiger charge is -2.37. The summed E-state index contributed by atoms with van der Waals surface area (Å²) in [5, 5.41) is 22.6. The summed E-state index contributed by atoms with van der Waals surface area (Å²) in [6, 6.07) is 17.9. The maximum Gasteiger partial charge on any atom is 0.257 e. The predicted molar refractivity (Wildman–Crippen MR) is 144 cm³/mol. The van der Waals surface area contributed by atoms with Crippen molar-refractivity contribution in [2.24, 2.45) is 0 Å². The molecule has 0 saturated heterocycles. The van der Waals surface area contributed by atoms with Crippen LogP contribution < -0.4 is 10.3 Å². The van der Waals surface area contributed by atoms with Gasteiger partial charge < -0.3 is 29.2 Å². The van der Waals surface area contributed by atoms with E-state index in [1.165, 1.54) is 0 Å². The summed E-state index contributed by atoms with van der Waals surface area (Å²) in [5.74, 6) is 0.805. The molecule has 0 bridgehead atoms. The molecule has 0 aliphatic carbocycles. The van der Waals surface area contributed by atoms with E-state index in [-0.39, 0.29) is 18.6 Å². The Balaban J connectivity index is 1.46. The molecular formula is C30H31N3O5. The number of aliphatic hydroxyl groups excluding tert-OH is 1. The maximum absolute atomic E-state index is 13.5. The normalized spacial score (nSPS) is 19.9. The van der Waals surface area contributed by atoms with Crippen LogP contribution in [0.2, 0.25) is 0 Å². The average molecular weight is 514 g/mol. The molecule has 1 unspecified atom stereocenters. The minimum Gasteiger partial charge on any atom is -0.489 e. The smallest absolute Gasteiger partial charge is 0.257 e. The van der Waals surface area contributed by atoms with Crippen LogP contribution in [-0.4, -0.2) is 45.0 Å². The number of nitrogens with zero attached hydrogens (tertiary/aromatic N) is 3. The Kier molecular flexibility index (Phi) is 6.07. The van der Waals surface area contributed by atoms with E-state index in [4.69, 9.17) is 14.5 Å². The van der Waals surface area contributed by atoms with Gasteiger partial charge in [-0.05, 0) is 50.3 Å². The molecule has 0 saturated carbocycles. The van der Waals surface area contributed by atoms with Gasteiger partial charge in [0.15, 0.2) is 6.29 Å². The Labute approximate surface area is 220 Å². The summed E-state index contributed by atoms with van der Waals surface area (Å²) in [5.41, 5.74) is 4.15. The lowest BCUT2D eigenvalue weighted by molar-refractivity contribution is -0.236. The Morgan fingerprint density at radius 2 is 1.97 bits per heavy atom. The number of fused-ring (bicyclic) bond motifs is 5. The van der Waals surface area contributed by atoms with Crippen LogP contribution in [0.3, 0.4) is 0 Å². The summed E-state index contributed by atoms with van der Waals surface area (Å²) < 4.78 is 13.3. The molecule has 4 aromatic rings. The summed E-state index contributed by atoms with van der Waals surface area (Å²) in [6.07, 6.45) is -1.18. The number of aliphatic hydroxyl groups is 2. The third kappa shape index (κ3) is 3.92. The quantitative estimate of drug-likeness (QED) is 0.359. The van der Waals surface area contributed by atoms with E-state index >= 15 is 0 Å². The zero-order valence-electron chi connectivity index (χ0n) is 21.8. The number of rotatable bonds is 6. The third-order valence-electron chi connectivity index (χ3n) is 7.63. The second kappa shape index (κ2) is 9.32. The number of pyridine rings is 2. The first-order valence-corrected chi connectivity index (χ1v) is 12.9. The first-order valence-electron chi connectivity index (χ1n) is 12.9. The van der Waals surface area contributed by atoms with Crippen LogP contribution in [0.1, 0.15) is 41.2 Å². The molecule has 196 valence electrons. The van der Waals surface area contributed by atoms with E-state index in [1.807, 2.05) is 56.6 Å². The first-order chi connectivity index (χ1) is 18.3. The van der Waals surface area contributed by atoms with Gasteiger partial charge >= 0.3 is 0 Å². The summed E-state index contributed by atoms with van der Waals surface area (Å²) >= 11 is 0. The van der Waals surface area contributed by atoms with E-state index in [0.29, 0.717) is 42.2 Å². The highest BCUT2D eigenvalue weighted by Crippen LogP contribution is 2.41. The van der Waals surface area contributed by atoms with Crippen molar-refractivity contribution in [2.75, 3.05) is 14.1 Å². The molecule has 8 heteroatoms. The Morgan fingerprint density at radius 1 is 1.18 bits per heavy atom. The van der Waals surface area contributed by atoms with Crippen molar-refractivity contribution >= 4 is 10.9 Å². The SMILES string of the molecule is CC[C@]1(O)c2cc3n(c(=O)c2COC1O)Cc1cc2c(CN(C)C)c(OCc4ccccc4)ccc2nc1-3. The van der Waals surface area contributed by atoms with Crippen molar-refractivity contribution in [1.82, 2.24) is 14.5 Å². The Hall–Kier alpha value is -3.56. The number of hydrogen-bond donors (Lipinski definition) is 2. The third-order valence-corrected chi connectivity index (χ3v) is 7.63. The zero-order chi connectivity index (χ0) is 26.6. The van der Waals surface area contributed by atoms with Crippen molar-refractivity contribution < 1.29 is 19.7 Å². The van der Waals surface area contributed by atoms with Gasteiger partial charge in [-0.1, -0.05) is 37.3 Å². The molecule has 0 fully saturated rings. The standard InChI is InChI=1S/C30H31N3O5/c1-4-30(36)23-13-25-27-19(14-33(25)28(34)22(23)17-38-29(30)35)12-20-21(15-32(2)3)26(11-10-24(20)31-27)37-16-18-8-6-5-7-9-18/h5-13,29,35-36H,4,14-17H2,1-3H3/t29?,30-/m0/s1. The number of aromatic nitrogens is 2. The number of benzene rings is 2. The molecule has 0 radical (unpaired) electrons. The summed E-state index contributed by atoms with van der Waals surface area (Å²) in [4.78, 5) is 20.6. The van der Waals surface area contributed by atoms with Crippen LogP contribution in [0, 0.1) is 0 Å². The fraction of sp³-hybridized carbons (Fsp3) is 0.333. The predicted octanol–water partition coefficient (Wildman–Crippen LogP) is 3.51. The largest absolute Gasteiger partial charge is 0.489 e. The zero-order valence-corrected chi connectivity index (χ0v) is 21.8. The van der Waals surface area contributed by atoms with Crippen molar-refractivity contribution in [2.45, 2.75) is 51.5 Å². The van der Waals surface area contributed by atoms with Crippen molar-refractivity contribution in [3.05, 3.63) is 92.8 Å². The molecule has 38 heavy (non-hydrogen) atoms. The van der Waals surface area contributed by atoms with Gasteiger partial charge in [0, 0.05) is 34.2 Å². The van der Waals surface area contributed by atoms with Crippen LogP contribution in [0.15, 0.2) is 59.4 Å². The van der Waals surface area contributed by atoms with Gasteiger partial charge in [0.1, 0.15) is 18.0 Å². The minimum atomic E-state index is -1.65. The van der Waals surface area contributed by atoms with E-state index in [9.17, 15) is 15.0 Å². The maximum atomic E-state index is 13.5. The van der Waals surface area contributed by atoms with Gasteiger partial charge in [-0.3, -0.25) is 4.79 Å². The average Bonchev–Trinajstić information content (AvgIpc) is 3.28. The summed E-state index contributed by atoms with van der Waals surface area (Å²) in [6.45, 7) is 3.23. The molecule has 6 rings (SSSR count). The van der Waals surface area contributed by atoms with Gasteiger partial charge in [-0.25, -0.2) is 4.98 Å². The Bertz CT molecular complexity index is 1600. The molecule has 2 atom stereocenters. The monoisotopic (exact) mass is 513 g/mol. The minimum absolute atomic E-state index is 0.0429. The van der Waals surface area contributed by atoms with E-state index < -0.39 is 11.9 Å². The van der Waals surface area contributed by atoms with Gasteiger partial charge in [-0.2, -0.15) is 0 Å². The van der Waals surface area contributed by atoms with E-state index in [1.54, 1.807) is 17.6 Å². The second-order valence-electron chi connectivity index (χ2n) is 10.4. The molecule has 0 spiro atoms. The molecule has 0 amide bonds. The van der Waals surface area contributed by atoms with Gasteiger partial charge in [0.25, 0.3) is 5.56 Å². The molecule has 4 heterocycles. The fourth-order valence-electron chi connectivity index (χ4n) is 5.55. The number of hydrogen-bond acceptors (Lipinski definition) is 7. The highest BCUT2D eigenvalue weighted by molar-refractivity contribution is 5.88. The topological polar surface area (TPSA) is 97.1 Å². The van der Waals surface area contributed by atoms with Crippen LogP contribution in [0.25, 0.3) is 22.3 Å². The van der Waals surface area contributed by atoms with Crippen LogP contribution >= 0.6 is 0 Å². The molecule has 2 aromatic heterocycles. The van der Waals surface area contributed by atoms with Crippen molar-refractivity contribution in [3.63, 3.8) is 0 Å². The highest BCUT2D eigenvalue weighted by atomic mass is 16.6. The molecule has 2 N–H and O–H groups in total. The number of ether oxygens (including phenoxy) is 2. The molecule has 2 aromatic carbocycles. The van der Waals surface area contributed by atoms with Crippen molar-refractivity contribution in [1.29, 1.82) is 0 Å². The van der Waals surface area contributed by atoms with E-state index in [0.717, 1.165) is 33.3 Å². The van der Waals surface area contributed by atoms with Gasteiger partial charge in [-0.15, -0.1) is 0 Å². The first kappa shape index (κ1) is 24.8. The van der Waals surface area contributed by atoms with Gasteiger partial charge in [0.05, 0.1) is 30.1 Å². The lowest BCUT2D eigenvalue weighted by atomic mass is 9.85. The highest BCUT2D eigenvalue weighted by Gasteiger charge is 2.44. The Morgan fingerprint density at radius 3 is 2.71 bits per heavy atom. The van der Waals surface area contributed by atoms with Crippen LogP contribution in [-0.2, 0) is 36.6 Å². The molecular weight excluding hydrogens is 482 g/mol. The second-order valence-corrected chi connectivity index (χ2v) is 10.4. The van der Waals surface area contributed by atoms with Gasteiger partial charge in [0.2, 0.25) is 0 Å². The lowest BCUT2D eigenvalue weighted by Crippen LogP contribution is -2.47.